The van der Waals surface area contributed by atoms with Crippen LogP contribution in [0.2, 0.25) is 0 Å². The van der Waals surface area contributed by atoms with Crippen LogP contribution in [0.15, 0.2) is 58.4 Å². The maximum atomic E-state index is 13.2. The molecular weight excluding hydrogens is 411 g/mol. The second-order valence-corrected chi connectivity index (χ2v) is 7.09. The van der Waals surface area contributed by atoms with Crippen LogP contribution in [0.5, 0.6) is 11.5 Å². The van der Waals surface area contributed by atoms with Gasteiger partial charge in [0.15, 0.2) is 16.7 Å². The summed E-state index contributed by atoms with van der Waals surface area (Å²) in [7, 11) is 4.30. The molecule has 156 valence electrons. The molecule has 7 nitrogen and oxygen atoms in total. The van der Waals surface area contributed by atoms with E-state index >= 15 is 0 Å². The second-order valence-electron chi connectivity index (χ2n) is 6.09. The van der Waals surface area contributed by atoms with Crippen molar-refractivity contribution in [3.63, 3.8) is 0 Å². The molecule has 0 atom stereocenters. The lowest BCUT2D eigenvalue weighted by Crippen LogP contribution is -2.28. The molecule has 1 aliphatic rings. The molecule has 2 aromatic rings. The highest BCUT2D eigenvalue weighted by atomic mass is 32.2. The predicted molar refractivity (Wildman–Crippen MR) is 111 cm³/mol. The number of benzene rings is 2. The van der Waals surface area contributed by atoms with Crippen molar-refractivity contribution < 1.29 is 28.2 Å². The highest BCUT2D eigenvalue weighted by molar-refractivity contribution is 8.18. The number of hydrogen-bond acceptors (Lipinski definition) is 7. The van der Waals surface area contributed by atoms with Gasteiger partial charge in [-0.25, -0.2) is 14.2 Å². The summed E-state index contributed by atoms with van der Waals surface area (Å²) in [6.45, 7) is 0.185. The first-order valence-electron chi connectivity index (χ1n) is 8.79. The maximum Gasteiger partial charge on any atom is 0.331 e. The summed E-state index contributed by atoms with van der Waals surface area (Å²) in [5.41, 5.74) is 1.25. The van der Waals surface area contributed by atoms with E-state index in [2.05, 4.69) is 9.73 Å². The Morgan fingerprint density at radius 3 is 2.43 bits per heavy atom. The van der Waals surface area contributed by atoms with Crippen LogP contribution in [0.4, 0.5) is 10.1 Å². The summed E-state index contributed by atoms with van der Waals surface area (Å²) in [5.74, 6) is -0.324. The number of esters is 1. The molecule has 0 bridgehead atoms. The van der Waals surface area contributed by atoms with Gasteiger partial charge in [-0.1, -0.05) is 6.07 Å². The Morgan fingerprint density at radius 2 is 1.80 bits per heavy atom. The summed E-state index contributed by atoms with van der Waals surface area (Å²) < 4.78 is 28.4. The lowest BCUT2D eigenvalue weighted by Gasteiger charge is -2.17. The number of hydrogen-bond donors (Lipinski definition) is 0. The van der Waals surface area contributed by atoms with Crippen LogP contribution < -0.4 is 9.47 Å². The van der Waals surface area contributed by atoms with Gasteiger partial charge in [0.25, 0.3) is 5.91 Å². The van der Waals surface area contributed by atoms with Crippen molar-refractivity contribution in [1.29, 1.82) is 0 Å². The fraction of sp³-hybridized carbons (Fsp3) is 0.190. The van der Waals surface area contributed by atoms with Crippen molar-refractivity contribution >= 4 is 34.5 Å². The Balaban J connectivity index is 1.96. The van der Waals surface area contributed by atoms with E-state index in [0.717, 1.165) is 23.4 Å². The van der Waals surface area contributed by atoms with Crippen LogP contribution in [0.1, 0.15) is 5.56 Å². The van der Waals surface area contributed by atoms with Crippen molar-refractivity contribution in [3.8, 4) is 11.5 Å². The molecule has 1 amide bonds. The molecule has 2 aromatic carbocycles. The van der Waals surface area contributed by atoms with E-state index in [4.69, 9.17) is 9.47 Å². The number of nitrogens with zero attached hydrogens (tertiary/aromatic N) is 2. The molecule has 0 unspecified atom stereocenters. The zero-order chi connectivity index (χ0) is 21.7. The zero-order valence-corrected chi connectivity index (χ0v) is 17.4. The summed E-state index contributed by atoms with van der Waals surface area (Å²) in [6.07, 6.45) is 1.13. The first-order valence-corrected chi connectivity index (χ1v) is 9.61. The van der Waals surface area contributed by atoms with Gasteiger partial charge in [-0.05, 0) is 53.7 Å². The number of carbonyl (C=O) groups excluding carboxylic acids is 2. The summed E-state index contributed by atoms with van der Waals surface area (Å²) in [4.78, 5) is 30.6. The normalized spacial score (nSPS) is 16.3. The molecule has 1 heterocycles. The highest BCUT2D eigenvalue weighted by Crippen LogP contribution is 2.35. The smallest absolute Gasteiger partial charge is 0.331 e. The molecular formula is C21H19FN2O5S. The van der Waals surface area contributed by atoms with Gasteiger partial charge in [-0.3, -0.25) is 9.69 Å². The number of halogens is 1. The second kappa shape index (κ2) is 9.45. The van der Waals surface area contributed by atoms with Gasteiger partial charge in [0.05, 0.1) is 38.5 Å². The molecule has 0 radical (unpaired) electrons. The number of methoxy groups -OCH3 is 3. The molecule has 3 rings (SSSR count). The Kier molecular flexibility index (Phi) is 6.73. The van der Waals surface area contributed by atoms with E-state index in [1.54, 1.807) is 18.2 Å². The number of amides is 1. The largest absolute Gasteiger partial charge is 0.493 e. The maximum absolute atomic E-state index is 13.2. The number of aliphatic imine (C=N–C) groups is 1. The zero-order valence-electron chi connectivity index (χ0n) is 16.5. The van der Waals surface area contributed by atoms with Crippen LogP contribution in [0.25, 0.3) is 0 Å². The minimum absolute atomic E-state index is 0.184. The Morgan fingerprint density at radius 1 is 1.10 bits per heavy atom. The van der Waals surface area contributed by atoms with E-state index in [-0.39, 0.29) is 23.2 Å². The molecule has 1 fully saturated rings. The summed E-state index contributed by atoms with van der Waals surface area (Å²) >= 11 is 1.04. The van der Waals surface area contributed by atoms with Crippen molar-refractivity contribution in [1.82, 2.24) is 4.90 Å². The third-order valence-electron chi connectivity index (χ3n) is 4.18. The van der Waals surface area contributed by atoms with Gasteiger partial charge in [0, 0.05) is 6.08 Å². The first-order chi connectivity index (χ1) is 14.4. The minimum atomic E-state index is -0.639. The van der Waals surface area contributed by atoms with Gasteiger partial charge in [-0.15, -0.1) is 0 Å². The lowest BCUT2D eigenvalue weighted by atomic mass is 10.2. The molecule has 30 heavy (non-hydrogen) atoms. The fourth-order valence-corrected chi connectivity index (χ4v) is 3.64. The molecule has 0 spiro atoms. The average molecular weight is 430 g/mol. The van der Waals surface area contributed by atoms with Gasteiger partial charge < -0.3 is 14.2 Å². The van der Waals surface area contributed by atoms with Crippen molar-refractivity contribution in [2.24, 2.45) is 4.99 Å². The van der Waals surface area contributed by atoms with Gasteiger partial charge in [0.2, 0.25) is 0 Å². The van der Waals surface area contributed by atoms with Crippen LogP contribution in [0, 0.1) is 5.82 Å². The predicted octanol–water partition coefficient (Wildman–Crippen LogP) is 3.66. The molecule has 1 saturated heterocycles. The SMILES string of the molecule is COC(=O)/C=C1/SC(=Nc2ccc(F)cc2)N(Cc2ccc(OC)c(OC)c2)C1=O. The van der Waals surface area contributed by atoms with Crippen molar-refractivity contribution in [3.05, 3.63) is 64.8 Å². The lowest BCUT2D eigenvalue weighted by molar-refractivity contribution is -0.135. The molecule has 0 aromatic heterocycles. The third-order valence-corrected chi connectivity index (χ3v) is 5.18. The van der Waals surface area contributed by atoms with Gasteiger partial charge >= 0.3 is 5.97 Å². The highest BCUT2D eigenvalue weighted by Gasteiger charge is 2.34. The van der Waals surface area contributed by atoms with Crippen LogP contribution in [-0.2, 0) is 20.9 Å². The van der Waals surface area contributed by atoms with Gasteiger partial charge in [0.1, 0.15) is 5.82 Å². The molecule has 0 N–H and O–H groups in total. The molecule has 9 heteroatoms. The van der Waals surface area contributed by atoms with E-state index < -0.39 is 5.97 Å². The molecule has 1 aliphatic heterocycles. The Labute approximate surface area is 177 Å². The van der Waals surface area contributed by atoms with Crippen molar-refractivity contribution in [2.45, 2.75) is 6.54 Å². The quantitative estimate of drug-likeness (QED) is 0.514. The summed E-state index contributed by atoms with van der Waals surface area (Å²) in [6, 6.07) is 10.9. The molecule has 0 saturated carbocycles. The van der Waals surface area contributed by atoms with Crippen LogP contribution in [0.3, 0.4) is 0 Å². The van der Waals surface area contributed by atoms with Crippen molar-refractivity contribution in [2.75, 3.05) is 21.3 Å². The number of carbonyl (C=O) groups is 2. The van der Waals surface area contributed by atoms with E-state index in [1.165, 1.54) is 50.5 Å². The topological polar surface area (TPSA) is 77.4 Å². The number of amidine groups is 1. The number of ether oxygens (including phenoxy) is 3. The summed E-state index contributed by atoms with van der Waals surface area (Å²) in [5, 5.41) is 0.358. The van der Waals surface area contributed by atoms with Gasteiger partial charge in [-0.2, -0.15) is 0 Å². The Bertz CT molecular complexity index is 1020. The van der Waals surface area contributed by atoms with Crippen LogP contribution >= 0.6 is 11.8 Å². The van der Waals surface area contributed by atoms with E-state index in [9.17, 15) is 14.0 Å². The first kappa shape index (κ1) is 21.4. The number of thioether (sulfide) groups is 1. The Hall–Kier alpha value is -3.33. The van der Waals surface area contributed by atoms with E-state index in [1.807, 2.05) is 0 Å². The van der Waals surface area contributed by atoms with Crippen LogP contribution in [-0.4, -0.2) is 43.3 Å². The standard InChI is InChI=1S/C21H19FN2O5S/c1-27-16-9-4-13(10-17(16)28-2)12-24-20(26)18(11-19(25)29-3)30-21(24)23-15-7-5-14(22)6-8-15/h4-11H,12H2,1-3H3/b18-11+,23-21?. The van der Waals surface area contributed by atoms with E-state index in [0.29, 0.717) is 22.4 Å². The average Bonchev–Trinajstić information content (AvgIpc) is 3.03. The molecule has 0 aliphatic carbocycles. The minimum Gasteiger partial charge on any atom is -0.493 e. The monoisotopic (exact) mass is 430 g/mol. The third kappa shape index (κ3) is 4.80. The number of rotatable bonds is 6. The fourth-order valence-electron chi connectivity index (χ4n) is 2.68.